The van der Waals surface area contributed by atoms with Crippen molar-refractivity contribution in [2.75, 3.05) is 0 Å². The third-order valence-electron chi connectivity index (χ3n) is 6.90. The van der Waals surface area contributed by atoms with Gasteiger partial charge in [0.1, 0.15) is 6.10 Å². The van der Waals surface area contributed by atoms with Crippen LogP contribution in [0.1, 0.15) is 91.2 Å². The molecule has 31 heavy (non-hydrogen) atoms. The van der Waals surface area contributed by atoms with E-state index in [1.165, 1.54) is 0 Å². The molecule has 2 aromatic rings. The number of hydrogen-bond acceptors (Lipinski definition) is 3. The van der Waals surface area contributed by atoms with Crippen LogP contribution in [-0.2, 0) is 22.6 Å². The van der Waals surface area contributed by atoms with Gasteiger partial charge in [-0.25, -0.2) is 0 Å². The summed E-state index contributed by atoms with van der Waals surface area (Å²) in [4.78, 5) is 26.0. The Balaban J connectivity index is 1.75. The smallest absolute Gasteiger partial charge is 0.164 e. The van der Waals surface area contributed by atoms with Gasteiger partial charge in [0.2, 0.25) is 0 Å². The van der Waals surface area contributed by atoms with E-state index in [-0.39, 0.29) is 28.5 Å². The molecule has 1 heterocycles. The van der Waals surface area contributed by atoms with Crippen LogP contribution in [-0.4, -0.2) is 11.6 Å². The van der Waals surface area contributed by atoms with Crippen LogP contribution in [0.5, 0.6) is 0 Å². The molecule has 0 amide bonds. The number of carbonyl (C=O) groups excluding carboxylic acids is 2. The molecule has 0 N–H and O–H groups in total. The molecule has 0 fully saturated rings. The topological polar surface area (TPSA) is 43.4 Å². The van der Waals surface area contributed by atoms with E-state index < -0.39 is 0 Å². The zero-order chi connectivity index (χ0) is 22.0. The van der Waals surface area contributed by atoms with Crippen molar-refractivity contribution < 1.29 is 14.3 Å². The fourth-order valence-electron chi connectivity index (χ4n) is 5.77. The van der Waals surface area contributed by atoms with Crippen molar-refractivity contribution in [1.82, 2.24) is 0 Å². The van der Waals surface area contributed by atoms with E-state index in [2.05, 4.69) is 45.9 Å². The number of Topliss-reactive ketones (excluding diaryl/α,β-unsaturated/α-hetero) is 1. The van der Waals surface area contributed by atoms with Crippen LogP contribution < -0.4 is 0 Å². The van der Waals surface area contributed by atoms with Gasteiger partial charge in [0.05, 0.1) is 6.61 Å². The van der Waals surface area contributed by atoms with Crippen LogP contribution in [0, 0.1) is 10.8 Å². The van der Waals surface area contributed by atoms with E-state index in [0.717, 1.165) is 51.8 Å². The van der Waals surface area contributed by atoms with Crippen LogP contribution in [0.3, 0.4) is 0 Å². The number of benzene rings is 2. The Morgan fingerprint density at radius 1 is 0.871 bits per heavy atom. The largest absolute Gasteiger partial charge is 0.364 e. The molecule has 0 radical (unpaired) electrons. The Morgan fingerprint density at radius 3 is 2.29 bits per heavy atom. The summed E-state index contributed by atoms with van der Waals surface area (Å²) < 4.78 is 6.30. The summed E-state index contributed by atoms with van der Waals surface area (Å²) in [5.74, 6) is 0.351. The van der Waals surface area contributed by atoms with Crippen molar-refractivity contribution in [3.63, 3.8) is 0 Å². The molecular weight excluding hydrogens is 384 g/mol. The van der Waals surface area contributed by atoms with E-state index in [4.69, 9.17) is 4.74 Å². The average Bonchev–Trinajstić information content (AvgIpc) is 3.08. The van der Waals surface area contributed by atoms with E-state index in [0.29, 0.717) is 19.4 Å². The molecule has 0 saturated carbocycles. The second kappa shape index (κ2) is 7.00. The summed E-state index contributed by atoms with van der Waals surface area (Å²) in [5.41, 5.74) is 7.17. The molecule has 0 bridgehead atoms. The van der Waals surface area contributed by atoms with Crippen LogP contribution in [0.25, 0.3) is 5.57 Å². The molecule has 0 saturated heterocycles. The maximum absolute atomic E-state index is 13.4. The van der Waals surface area contributed by atoms with Crippen LogP contribution >= 0.6 is 0 Å². The Bertz CT molecular complexity index is 1120. The average molecular weight is 415 g/mol. The van der Waals surface area contributed by atoms with Crippen molar-refractivity contribution in [3.05, 3.63) is 75.9 Å². The highest BCUT2D eigenvalue weighted by molar-refractivity contribution is 6.07. The predicted octanol–water partition coefficient (Wildman–Crippen LogP) is 6.23. The summed E-state index contributed by atoms with van der Waals surface area (Å²) in [6.45, 7) is 9.08. The first-order valence-electron chi connectivity index (χ1n) is 11.3. The van der Waals surface area contributed by atoms with Crippen molar-refractivity contribution >= 4 is 17.1 Å². The molecule has 3 aliphatic rings. The molecule has 2 aromatic carbocycles. The Kier molecular flexibility index (Phi) is 4.60. The molecule has 160 valence electrons. The molecular formula is C28H30O3. The van der Waals surface area contributed by atoms with Gasteiger partial charge in [0.25, 0.3) is 0 Å². The van der Waals surface area contributed by atoms with Gasteiger partial charge in [-0.15, -0.1) is 0 Å². The molecule has 5 rings (SSSR count). The lowest BCUT2D eigenvalue weighted by molar-refractivity contribution is -0.116. The minimum atomic E-state index is -0.131. The summed E-state index contributed by atoms with van der Waals surface area (Å²) in [5, 5.41) is 0. The van der Waals surface area contributed by atoms with Gasteiger partial charge >= 0.3 is 0 Å². The van der Waals surface area contributed by atoms with Gasteiger partial charge in [0.15, 0.2) is 11.6 Å². The standard InChI is InChI=1S/C28H30O3/c1-27(2)12-18(10-20(29)14-27)24-22-16-31-26(17-8-6-5-7-9-17)21(22)11-19-13-28(3,4)15-23(30)25(19)24/h5-11,26H,12-16H2,1-4H3. The Morgan fingerprint density at radius 2 is 1.58 bits per heavy atom. The van der Waals surface area contributed by atoms with Gasteiger partial charge in [-0.3, -0.25) is 9.59 Å². The lowest BCUT2D eigenvalue weighted by Gasteiger charge is -2.35. The molecule has 1 unspecified atom stereocenters. The van der Waals surface area contributed by atoms with Crippen LogP contribution in [0.4, 0.5) is 0 Å². The minimum Gasteiger partial charge on any atom is -0.364 e. The predicted molar refractivity (Wildman–Crippen MR) is 122 cm³/mol. The quantitative estimate of drug-likeness (QED) is 0.585. The highest BCUT2D eigenvalue weighted by atomic mass is 16.5. The molecule has 3 nitrogen and oxygen atoms in total. The van der Waals surface area contributed by atoms with Crippen molar-refractivity contribution in [2.24, 2.45) is 10.8 Å². The van der Waals surface area contributed by atoms with E-state index >= 15 is 0 Å². The van der Waals surface area contributed by atoms with Crippen molar-refractivity contribution in [2.45, 2.75) is 66.1 Å². The highest BCUT2D eigenvalue weighted by Gasteiger charge is 2.40. The maximum Gasteiger partial charge on any atom is 0.164 e. The Hall–Kier alpha value is -2.52. The number of ether oxygens (including phenoxy) is 1. The maximum atomic E-state index is 13.4. The summed E-state index contributed by atoms with van der Waals surface area (Å²) in [6.07, 6.45) is 4.42. The van der Waals surface area contributed by atoms with Crippen molar-refractivity contribution in [1.29, 1.82) is 0 Å². The highest BCUT2D eigenvalue weighted by Crippen LogP contribution is 2.49. The normalized spacial score (nSPS) is 23.9. The third-order valence-corrected chi connectivity index (χ3v) is 6.90. The summed E-state index contributed by atoms with van der Waals surface area (Å²) in [6, 6.07) is 12.5. The van der Waals surface area contributed by atoms with Crippen molar-refractivity contribution in [3.8, 4) is 0 Å². The lowest BCUT2D eigenvalue weighted by Crippen LogP contribution is -2.29. The zero-order valence-electron chi connectivity index (χ0n) is 18.9. The number of hydrogen-bond donors (Lipinski definition) is 0. The molecule has 3 heteroatoms. The second-order valence-electron chi connectivity index (χ2n) is 11.0. The van der Waals surface area contributed by atoms with E-state index in [1.54, 1.807) is 6.08 Å². The first-order valence-corrected chi connectivity index (χ1v) is 11.3. The number of rotatable bonds is 2. The van der Waals surface area contributed by atoms with Gasteiger partial charge in [-0.1, -0.05) is 64.1 Å². The van der Waals surface area contributed by atoms with Crippen LogP contribution in [0.15, 0.2) is 42.5 Å². The lowest BCUT2D eigenvalue weighted by atomic mass is 9.68. The number of allylic oxidation sites excluding steroid dienone is 2. The van der Waals surface area contributed by atoms with Gasteiger partial charge < -0.3 is 4.74 Å². The molecule has 0 spiro atoms. The van der Waals surface area contributed by atoms with Gasteiger partial charge in [0, 0.05) is 18.4 Å². The van der Waals surface area contributed by atoms with E-state index in [1.807, 2.05) is 18.2 Å². The van der Waals surface area contributed by atoms with E-state index in [9.17, 15) is 9.59 Å². The number of ketones is 2. The first-order chi connectivity index (χ1) is 14.6. The fourth-order valence-corrected chi connectivity index (χ4v) is 5.77. The zero-order valence-corrected chi connectivity index (χ0v) is 18.9. The summed E-state index contributed by atoms with van der Waals surface area (Å²) in [7, 11) is 0. The number of fused-ring (bicyclic) bond motifs is 2. The molecule has 0 aromatic heterocycles. The molecule has 1 aliphatic heterocycles. The molecule has 2 aliphatic carbocycles. The van der Waals surface area contributed by atoms with Crippen LogP contribution in [0.2, 0.25) is 0 Å². The monoisotopic (exact) mass is 414 g/mol. The SMILES string of the molecule is CC1(C)CC(=O)C=C(c2c3c(cc4c2C(=O)CC(C)(C)C4)C(c2ccccc2)OC3)C1. The second-order valence-corrected chi connectivity index (χ2v) is 11.0. The van der Waals surface area contributed by atoms with Gasteiger partial charge in [-0.05, 0) is 63.1 Å². The molecule has 1 atom stereocenters. The fraction of sp³-hybridized carbons (Fsp3) is 0.429. The Labute approximate surface area is 184 Å². The third kappa shape index (κ3) is 3.59. The number of carbonyl (C=O) groups is 2. The first kappa shape index (κ1) is 20.4. The minimum absolute atomic E-state index is 0.0622. The van der Waals surface area contributed by atoms with Gasteiger partial charge in [-0.2, -0.15) is 0 Å². The summed E-state index contributed by atoms with van der Waals surface area (Å²) >= 11 is 0.